The molecule has 0 atom stereocenters. The number of nitrogens with zero attached hydrogens (tertiary/aromatic N) is 2. The standard InChI is InChI=1S/C22H34N4O.HI/c1-23-22(24-12-9-19-10-15-27-16-11-19)25-17-20-5-7-21(8-6-20)18-26-13-3-2-4-14-26;/h5-8,10H,2-4,9,11-18H2,1H3,(H2,23,24,25);1H. The normalized spacial score (nSPS) is 18.2. The van der Waals surface area contributed by atoms with Crippen LogP contribution in [0, 0.1) is 0 Å². The summed E-state index contributed by atoms with van der Waals surface area (Å²) in [5.41, 5.74) is 4.17. The molecule has 3 rings (SSSR count). The number of halogens is 1. The summed E-state index contributed by atoms with van der Waals surface area (Å²) in [4.78, 5) is 6.89. The van der Waals surface area contributed by atoms with Crippen molar-refractivity contribution in [3.05, 3.63) is 47.0 Å². The first-order chi connectivity index (χ1) is 13.3. The Balaban J connectivity index is 0.00000280. The summed E-state index contributed by atoms with van der Waals surface area (Å²) >= 11 is 0. The molecule has 5 nitrogen and oxygen atoms in total. The third kappa shape index (κ3) is 8.09. The molecule has 1 saturated heterocycles. The number of hydrogen-bond acceptors (Lipinski definition) is 3. The monoisotopic (exact) mass is 498 g/mol. The quantitative estimate of drug-likeness (QED) is 0.261. The zero-order valence-electron chi connectivity index (χ0n) is 17.1. The van der Waals surface area contributed by atoms with E-state index in [0.717, 1.165) is 51.6 Å². The van der Waals surface area contributed by atoms with Crippen LogP contribution >= 0.6 is 24.0 Å². The molecule has 2 N–H and O–H groups in total. The summed E-state index contributed by atoms with van der Waals surface area (Å²) in [5.74, 6) is 0.861. The summed E-state index contributed by atoms with van der Waals surface area (Å²) in [6.07, 6.45) is 8.39. The highest BCUT2D eigenvalue weighted by molar-refractivity contribution is 14.0. The molecule has 0 aliphatic carbocycles. The second-order valence-corrected chi connectivity index (χ2v) is 7.44. The molecule has 1 aromatic carbocycles. The van der Waals surface area contributed by atoms with Crippen LogP contribution in [-0.2, 0) is 17.8 Å². The van der Waals surface area contributed by atoms with Crippen LogP contribution in [0.2, 0.25) is 0 Å². The number of rotatable bonds is 7. The van der Waals surface area contributed by atoms with E-state index in [2.05, 4.69) is 50.9 Å². The van der Waals surface area contributed by atoms with E-state index in [1.807, 2.05) is 7.05 Å². The predicted molar refractivity (Wildman–Crippen MR) is 127 cm³/mol. The highest BCUT2D eigenvalue weighted by atomic mass is 127. The second-order valence-electron chi connectivity index (χ2n) is 7.44. The number of piperidine rings is 1. The topological polar surface area (TPSA) is 48.9 Å². The fourth-order valence-corrected chi connectivity index (χ4v) is 3.68. The van der Waals surface area contributed by atoms with Gasteiger partial charge in [-0.15, -0.1) is 24.0 Å². The first kappa shape index (κ1) is 23.2. The number of aliphatic imine (C=N–C) groups is 1. The van der Waals surface area contributed by atoms with Crippen molar-refractivity contribution in [2.24, 2.45) is 4.99 Å². The minimum atomic E-state index is 0. The zero-order chi connectivity index (χ0) is 18.7. The van der Waals surface area contributed by atoms with Gasteiger partial charge in [-0.05, 0) is 49.9 Å². The lowest BCUT2D eigenvalue weighted by atomic mass is 10.1. The second kappa shape index (κ2) is 13.2. The molecule has 2 aliphatic heterocycles. The Morgan fingerprint density at radius 1 is 1.07 bits per heavy atom. The largest absolute Gasteiger partial charge is 0.377 e. The molecule has 0 unspecified atom stereocenters. The molecule has 0 aromatic heterocycles. The van der Waals surface area contributed by atoms with E-state index >= 15 is 0 Å². The van der Waals surface area contributed by atoms with Gasteiger partial charge in [-0.3, -0.25) is 9.89 Å². The van der Waals surface area contributed by atoms with Crippen LogP contribution in [0.3, 0.4) is 0 Å². The fourth-order valence-electron chi connectivity index (χ4n) is 3.68. The van der Waals surface area contributed by atoms with Gasteiger partial charge in [0.05, 0.1) is 13.2 Å². The van der Waals surface area contributed by atoms with Gasteiger partial charge < -0.3 is 15.4 Å². The number of ether oxygens (including phenoxy) is 1. The SMILES string of the molecule is CN=C(NCCC1=CCOCC1)NCc1ccc(CN2CCCCC2)cc1.I. The Labute approximate surface area is 187 Å². The Morgan fingerprint density at radius 2 is 1.82 bits per heavy atom. The van der Waals surface area contributed by atoms with Gasteiger partial charge in [-0.25, -0.2) is 0 Å². The van der Waals surface area contributed by atoms with Crippen molar-refractivity contribution in [3.8, 4) is 0 Å². The average molecular weight is 498 g/mol. The van der Waals surface area contributed by atoms with Crippen LogP contribution in [0.5, 0.6) is 0 Å². The molecule has 1 aromatic rings. The maximum absolute atomic E-state index is 5.35. The minimum absolute atomic E-state index is 0. The Morgan fingerprint density at radius 3 is 2.50 bits per heavy atom. The van der Waals surface area contributed by atoms with E-state index in [4.69, 9.17) is 4.74 Å². The van der Waals surface area contributed by atoms with Crippen molar-refractivity contribution in [1.82, 2.24) is 15.5 Å². The van der Waals surface area contributed by atoms with E-state index in [1.165, 1.54) is 49.1 Å². The van der Waals surface area contributed by atoms with Crippen molar-refractivity contribution in [3.63, 3.8) is 0 Å². The summed E-state index contributed by atoms with van der Waals surface area (Å²) in [5, 5.41) is 6.81. The fraction of sp³-hybridized carbons (Fsp3) is 0.591. The van der Waals surface area contributed by atoms with Gasteiger partial charge in [-0.1, -0.05) is 42.3 Å². The molecule has 156 valence electrons. The molecule has 0 bridgehead atoms. The highest BCUT2D eigenvalue weighted by Gasteiger charge is 2.10. The molecule has 2 heterocycles. The van der Waals surface area contributed by atoms with Crippen LogP contribution in [0.4, 0.5) is 0 Å². The molecule has 6 heteroatoms. The summed E-state index contributed by atoms with van der Waals surface area (Å²) in [6, 6.07) is 8.98. The Bertz CT molecular complexity index is 624. The van der Waals surface area contributed by atoms with Gasteiger partial charge in [-0.2, -0.15) is 0 Å². The minimum Gasteiger partial charge on any atom is -0.377 e. The van der Waals surface area contributed by atoms with E-state index in [9.17, 15) is 0 Å². The first-order valence-corrected chi connectivity index (χ1v) is 10.3. The van der Waals surface area contributed by atoms with Crippen molar-refractivity contribution in [2.75, 3.05) is 39.9 Å². The van der Waals surface area contributed by atoms with Crippen LogP contribution in [0.25, 0.3) is 0 Å². The number of guanidine groups is 1. The number of benzene rings is 1. The van der Waals surface area contributed by atoms with Gasteiger partial charge in [0.1, 0.15) is 0 Å². The maximum atomic E-state index is 5.35. The average Bonchev–Trinajstić information content (AvgIpc) is 2.73. The molecular formula is C22H35IN4O. The van der Waals surface area contributed by atoms with Crippen LogP contribution in [0.1, 0.15) is 43.2 Å². The lowest BCUT2D eigenvalue weighted by molar-refractivity contribution is 0.153. The van der Waals surface area contributed by atoms with Gasteiger partial charge in [0.2, 0.25) is 0 Å². The van der Waals surface area contributed by atoms with Crippen molar-refractivity contribution in [1.29, 1.82) is 0 Å². The smallest absolute Gasteiger partial charge is 0.191 e. The first-order valence-electron chi connectivity index (χ1n) is 10.3. The van der Waals surface area contributed by atoms with Gasteiger partial charge in [0, 0.05) is 26.7 Å². The maximum Gasteiger partial charge on any atom is 0.191 e. The molecule has 2 aliphatic rings. The molecule has 0 saturated carbocycles. The molecule has 0 spiro atoms. The van der Waals surface area contributed by atoms with Crippen LogP contribution in [-0.4, -0.2) is 50.8 Å². The van der Waals surface area contributed by atoms with E-state index in [0.29, 0.717) is 0 Å². The Hall–Kier alpha value is -1.12. The van der Waals surface area contributed by atoms with Crippen LogP contribution in [0.15, 0.2) is 40.9 Å². The molecule has 0 radical (unpaired) electrons. The lowest BCUT2D eigenvalue weighted by Crippen LogP contribution is -2.37. The Kier molecular flexibility index (Phi) is 10.9. The molecule has 0 amide bonds. The van der Waals surface area contributed by atoms with E-state index in [1.54, 1.807) is 0 Å². The highest BCUT2D eigenvalue weighted by Crippen LogP contribution is 2.14. The van der Waals surface area contributed by atoms with E-state index < -0.39 is 0 Å². The van der Waals surface area contributed by atoms with Gasteiger partial charge >= 0.3 is 0 Å². The molecule has 1 fully saturated rings. The molecular weight excluding hydrogens is 463 g/mol. The third-order valence-electron chi connectivity index (χ3n) is 5.36. The summed E-state index contributed by atoms with van der Waals surface area (Å²) < 4.78 is 5.35. The zero-order valence-corrected chi connectivity index (χ0v) is 19.4. The van der Waals surface area contributed by atoms with Crippen molar-refractivity contribution >= 4 is 29.9 Å². The lowest BCUT2D eigenvalue weighted by Gasteiger charge is -2.26. The van der Waals surface area contributed by atoms with Crippen LogP contribution < -0.4 is 10.6 Å². The van der Waals surface area contributed by atoms with Crippen molar-refractivity contribution < 1.29 is 4.74 Å². The van der Waals surface area contributed by atoms with Crippen molar-refractivity contribution in [2.45, 2.75) is 45.2 Å². The predicted octanol–water partition coefficient (Wildman–Crippen LogP) is 3.69. The van der Waals surface area contributed by atoms with Gasteiger partial charge in [0.15, 0.2) is 5.96 Å². The summed E-state index contributed by atoms with van der Waals surface area (Å²) in [6.45, 7) is 6.88. The number of nitrogens with one attached hydrogen (secondary N) is 2. The number of likely N-dealkylation sites (tertiary alicyclic amines) is 1. The third-order valence-corrected chi connectivity index (χ3v) is 5.36. The number of hydrogen-bond donors (Lipinski definition) is 2. The van der Waals surface area contributed by atoms with Gasteiger partial charge in [0.25, 0.3) is 0 Å². The molecule has 28 heavy (non-hydrogen) atoms. The summed E-state index contributed by atoms with van der Waals surface area (Å²) in [7, 11) is 1.82. The van der Waals surface area contributed by atoms with E-state index in [-0.39, 0.29) is 24.0 Å².